The fraction of sp³-hybridized carbons (Fsp3) is 1.00. The molecule has 0 saturated heterocycles. The van der Waals surface area contributed by atoms with E-state index in [0.29, 0.717) is 48.3 Å². The Bertz CT molecular complexity index is 430. The van der Waals surface area contributed by atoms with E-state index < -0.39 is 14.7 Å². The second kappa shape index (κ2) is 11.3. The molecule has 0 heterocycles. The first-order chi connectivity index (χ1) is 11.3. The molecule has 1 atom stereocenters. The van der Waals surface area contributed by atoms with Crippen molar-refractivity contribution in [1.29, 1.82) is 0 Å². The van der Waals surface area contributed by atoms with E-state index in [1.54, 1.807) is 0 Å². The third-order valence-corrected chi connectivity index (χ3v) is 10.0. The van der Waals surface area contributed by atoms with Crippen LogP contribution in [0, 0.1) is 23.7 Å². The van der Waals surface area contributed by atoms with Crippen LogP contribution < -0.4 is 0 Å². The first-order valence-electron chi connectivity index (χ1n) is 9.76. The lowest BCUT2D eigenvalue weighted by atomic mass is 10.3. The molecule has 0 aliphatic heterocycles. The highest BCUT2D eigenvalue weighted by Crippen LogP contribution is 2.53. The lowest BCUT2D eigenvalue weighted by Crippen LogP contribution is -2.20. The Hall–Kier alpha value is 0.380. The lowest BCUT2D eigenvalue weighted by molar-refractivity contribution is 0.144. The first kappa shape index (κ1) is 25.4. The van der Waals surface area contributed by atoms with Gasteiger partial charge < -0.3 is 9.05 Å². The maximum Gasteiger partial charge on any atom is 0.204 e. The molecule has 152 valence electrons. The van der Waals surface area contributed by atoms with Crippen LogP contribution in [0.4, 0.5) is 0 Å². The van der Waals surface area contributed by atoms with Gasteiger partial charge in [-0.05, 0) is 30.6 Å². The van der Waals surface area contributed by atoms with Crippen molar-refractivity contribution in [3.05, 3.63) is 0 Å². The Morgan fingerprint density at radius 3 is 1.24 bits per heavy atom. The van der Waals surface area contributed by atoms with E-state index in [0.717, 1.165) is 0 Å². The van der Waals surface area contributed by atoms with E-state index in [9.17, 15) is 9.13 Å². The first-order valence-corrected chi connectivity index (χ1v) is 13.7. The van der Waals surface area contributed by atoms with Crippen molar-refractivity contribution in [2.24, 2.45) is 23.7 Å². The zero-order chi connectivity index (χ0) is 19.8. The second-order valence-electron chi connectivity index (χ2n) is 9.15. The van der Waals surface area contributed by atoms with E-state index in [1.807, 2.05) is 6.92 Å². The minimum Gasteiger partial charge on any atom is -0.326 e. The molecule has 0 spiro atoms. The summed E-state index contributed by atoms with van der Waals surface area (Å²) in [5, 5.41) is 0. The smallest absolute Gasteiger partial charge is 0.204 e. The van der Waals surface area contributed by atoms with Crippen molar-refractivity contribution >= 4 is 14.7 Å². The van der Waals surface area contributed by atoms with Crippen LogP contribution >= 0.6 is 14.7 Å². The predicted molar refractivity (Wildman–Crippen MR) is 111 cm³/mol. The van der Waals surface area contributed by atoms with Gasteiger partial charge in [-0.25, -0.2) is 0 Å². The minimum absolute atomic E-state index is 0.247. The molecule has 0 bridgehead atoms. The van der Waals surface area contributed by atoms with E-state index >= 15 is 0 Å². The van der Waals surface area contributed by atoms with Crippen molar-refractivity contribution in [2.75, 3.05) is 31.3 Å². The summed E-state index contributed by atoms with van der Waals surface area (Å²) in [5.41, 5.74) is 0. The average Bonchev–Trinajstić information content (AvgIpc) is 2.31. The van der Waals surface area contributed by atoms with E-state index in [2.05, 4.69) is 55.4 Å². The van der Waals surface area contributed by atoms with E-state index in [-0.39, 0.29) is 12.7 Å². The van der Waals surface area contributed by atoms with Gasteiger partial charge in [0, 0.05) is 24.6 Å². The van der Waals surface area contributed by atoms with E-state index in [4.69, 9.17) is 9.05 Å². The van der Waals surface area contributed by atoms with Crippen LogP contribution in [0.2, 0.25) is 0 Å². The van der Waals surface area contributed by atoms with Crippen molar-refractivity contribution in [3.8, 4) is 0 Å². The molecule has 25 heavy (non-hydrogen) atoms. The number of hydrogen-bond acceptors (Lipinski definition) is 4. The summed E-state index contributed by atoms with van der Waals surface area (Å²) in [6, 6.07) is 0. The fourth-order valence-corrected chi connectivity index (χ4v) is 9.50. The molecule has 0 aromatic heterocycles. The van der Waals surface area contributed by atoms with Crippen LogP contribution in [-0.2, 0) is 18.2 Å². The van der Waals surface area contributed by atoms with Crippen LogP contribution in [0.25, 0.3) is 0 Å². The maximum absolute atomic E-state index is 13.2. The van der Waals surface area contributed by atoms with Gasteiger partial charge in [-0.2, -0.15) is 0 Å². The monoisotopic (exact) mass is 396 g/mol. The summed E-state index contributed by atoms with van der Waals surface area (Å²) in [6.07, 6.45) is 2.05. The molecule has 4 nitrogen and oxygen atoms in total. The molecule has 0 aliphatic carbocycles. The van der Waals surface area contributed by atoms with Crippen molar-refractivity contribution in [1.82, 2.24) is 0 Å². The molecule has 6 heteroatoms. The molecule has 1 unspecified atom stereocenters. The van der Waals surface area contributed by atoms with Gasteiger partial charge in [0.15, 0.2) is 0 Å². The van der Waals surface area contributed by atoms with Gasteiger partial charge in [0.2, 0.25) is 14.7 Å². The molecular formula is C19H42O4P2. The highest BCUT2D eigenvalue weighted by Gasteiger charge is 2.31. The van der Waals surface area contributed by atoms with Crippen molar-refractivity contribution < 1.29 is 18.2 Å². The van der Waals surface area contributed by atoms with Crippen LogP contribution in [0.3, 0.4) is 0 Å². The summed E-state index contributed by atoms with van der Waals surface area (Å²) in [6.45, 7) is 18.7. The Labute approximate surface area is 156 Å². The van der Waals surface area contributed by atoms with Gasteiger partial charge in [-0.15, -0.1) is 0 Å². The zero-order valence-electron chi connectivity index (χ0n) is 17.9. The standard InChI is InChI=1S/C19H42O4P2/c1-15(2)11-24(20,12-16(3)4)22-10-19(9)23-25(21,13-17(5)6)14-18(7)8/h15-19H,10-14H2,1-9H3. The molecule has 0 saturated carbocycles. The van der Waals surface area contributed by atoms with E-state index in [1.165, 1.54) is 0 Å². The summed E-state index contributed by atoms with van der Waals surface area (Å²) in [4.78, 5) is 0. The highest BCUT2D eigenvalue weighted by molar-refractivity contribution is 7.59. The van der Waals surface area contributed by atoms with Gasteiger partial charge in [-0.3, -0.25) is 9.13 Å². The Balaban J connectivity index is 4.89. The number of hydrogen-bond donors (Lipinski definition) is 0. The topological polar surface area (TPSA) is 52.6 Å². The Morgan fingerprint density at radius 1 is 0.600 bits per heavy atom. The van der Waals surface area contributed by atoms with Crippen LogP contribution in [0.1, 0.15) is 62.3 Å². The normalized spacial score (nSPS) is 14.9. The predicted octanol–water partition coefficient (Wildman–Crippen LogP) is 6.59. The van der Waals surface area contributed by atoms with Crippen molar-refractivity contribution in [3.63, 3.8) is 0 Å². The Kier molecular flexibility index (Phi) is 11.4. The number of rotatable bonds is 13. The zero-order valence-corrected chi connectivity index (χ0v) is 19.7. The van der Waals surface area contributed by atoms with Crippen LogP contribution in [0.15, 0.2) is 0 Å². The van der Waals surface area contributed by atoms with Gasteiger partial charge in [-0.1, -0.05) is 55.4 Å². The molecule has 0 N–H and O–H groups in total. The SMILES string of the molecule is CC(C)CP(=O)(CC(C)C)OCC(C)OP(=O)(CC(C)C)CC(C)C. The third-order valence-electron chi connectivity index (χ3n) is 3.49. The van der Waals surface area contributed by atoms with Gasteiger partial charge in [0.1, 0.15) is 0 Å². The van der Waals surface area contributed by atoms with Crippen LogP contribution in [-0.4, -0.2) is 37.4 Å². The van der Waals surface area contributed by atoms with Gasteiger partial charge >= 0.3 is 0 Å². The summed E-state index contributed by atoms with van der Waals surface area (Å²) >= 11 is 0. The third kappa shape index (κ3) is 12.4. The molecule has 0 aliphatic rings. The fourth-order valence-electron chi connectivity index (χ4n) is 3.17. The quantitative estimate of drug-likeness (QED) is 0.330. The summed E-state index contributed by atoms with van der Waals surface area (Å²) < 4.78 is 38.1. The van der Waals surface area contributed by atoms with Gasteiger partial charge in [0.05, 0.1) is 12.7 Å². The van der Waals surface area contributed by atoms with Crippen LogP contribution in [0.5, 0.6) is 0 Å². The summed E-state index contributed by atoms with van der Waals surface area (Å²) in [5.74, 6) is 1.30. The molecule has 0 aromatic rings. The summed E-state index contributed by atoms with van der Waals surface area (Å²) in [7, 11) is -5.37. The minimum atomic E-state index is -2.69. The molecule has 0 amide bonds. The lowest BCUT2D eigenvalue weighted by Gasteiger charge is -2.28. The molecule has 0 rings (SSSR count). The molecule has 0 fully saturated rings. The maximum atomic E-state index is 13.2. The molecule has 0 radical (unpaired) electrons. The van der Waals surface area contributed by atoms with Gasteiger partial charge in [0.25, 0.3) is 0 Å². The molecular weight excluding hydrogens is 354 g/mol. The Morgan fingerprint density at radius 2 is 0.920 bits per heavy atom. The highest BCUT2D eigenvalue weighted by atomic mass is 31.2. The van der Waals surface area contributed by atoms with Crippen molar-refractivity contribution in [2.45, 2.75) is 68.4 Å². The molecule has 0 aromatic carbocycles. The second-order valence-corrected chi connectivity index (χ2v) is 14.3. The largest absolute Gasteiger partial charge is 0.326 e. The average molecular weight is 396 g/mol.